The molecule has 2 aromatic rings. The molecule has 0 aliphatic carbocycles. The molecule has 100 valence electrons. The number of esters is 1. The maximum atomic E-state index is 11.3. The summed E-state index contributed by atoms with van der Waals surface area (Å²) in [7, 11) is 1.36. The van der Waals surface area contributed by atoms with Gasteiger partial charge in [0.15, 0.2) is 5.13 Å². The van der Waals surface area contributed by atoms with Crippen molar-refractivity contribution in [1.82, 2.24) is 4.98 Å². The zero-order valence-corrected chi connectivity index (χ0v) is 12.0. The van der Waals surface area contributed by atoms with Gasteiger partial charge in [-0.25, -0.2) is 9.78 Å². The largest absolute Gasteiger partial charge is 0.465 e. The van der Waals surface area contributed by atoms with Crippen LogP contribution in [0.1, 0.15) is 35.0 Å². The molecule has 0 bridgehead atoms. The molecule has 0 saturated carbocycles. The van der Waals surface area contributed by atoms with Crippen molar-refractivity contribution < 1.29 is 9.53 Å². The van der Waals surface area contributed by atoms with E-state index in [1.807, 2.05) is 12.1 Å². The van der Waals surface area contributed by atoms with Gasteiger partial charge in [0, 0.05) is 5.69 Å². The van der Waals surface area contributed by atoms with Crippen LogP contribution in [0.2, 0.25) is 0 Å². The number of methoxy groups -OCH3 is 1. The molecule has 1 aromatic heterocycles. The fourth-order valence-electron chi connectivity index (χ4n) is 1.60. The molecule has 0 atom stereocenters. The Bertz CT molecular complexity index is 561. The summed E-state index contributed by atoms with van der Waals surface area (Å²) in [4.78, 5) is 16.0. The molecule has 5 heteroatoms. The molecule has 4 nitrogen and oxygen atoms in total. The summed E-state index contributed by atoms with van der Waals surface area (Å²) in [5.41, 5.74) is 2.25. The molecular weight excluding hydrogens is 260 g/mol. The van der Waals surface area contributed by atoms with Crippen LogP contribution in [0.15, 0.2) is 30.5 Å². The number of thiazole rings is 1. The van der Waals surface area contributed by atoms with Crippen LogP contribution in [0.4, 0.5) is 10.8 Å². The van der Waals surface area contributed by atoms with Gasteiger partial charge in [0.2, 0.25) is 0 Å². The molecule has 1 heterocycles. The Labute approximate surface area is 116 Å². The average molecular weight is 276 g/mol. The van der Waals surface area contributed by atoms with Gasteiger partial charge in [-0.15, -0.1) is 0 Å². The average Bonchev–Trinajstić information content (AvgIpc) is 2.87. The first kappa shape index (κ1) is 13.5. The van der Waals surface area contributed by atoms with E-state index >= 15 is 0 Å². The first-order valence-corrected chi connectivity index (χ1v) is 6.83. The van der Waals surface area contributed by atoms with Crippen molar-refractivity contribution in [3.05, 3.63) is 40.9 Å². The van der Waals surface area contributed by atoms with Crippen molar-refractivity contribution >= 4 is 28.1 Å². The second-order valence-corrected chi connectivity index (χ2v) is 5.45. The van der Waals surface area contributed by atoms with Gasteiger partial charge in [-0.2, -0.15) is 0 Å². The predicted molar refractivity (Wildman–Crippen MR) is 77.3 cm³/mol. The zero-order chi connectivity index (χ0) is 13.8. The second kappa shape index (κ2) is 5.84. The van der Waals surface area contributed by atoms with E-state index in [2.05, 4.69) is 41.0 Å². The van der Waals surface area contributed by atoms with E-state index in [1.54, 1.807) is 0 Å². The van der Waals surface area contributed by atoms with Crippen molar-refractivity contribution in [2.75, 3.05) is 12.4 Å². The minimum atomic E-state index is -0.360. The van der Waals surface area contributed by atoms with Crippen molar-refractivity contribution in [3.8, 4) is 0 Å². The molecule has 1 N–H and O–H groups in total. The molecule has 0 amide bonds. The smallest absolute Gasteiger partial charge is 0.349 e. The lowest BCUT2D eigenvalue weighted by Gasteiger charge is -2.07. The van der Waals surface area contributed by atoms with Crippen LogP contribution in [-0.2, 0) is 4.74 Å². The van der Waals surface area contributed by atoms with Crippen LogP contribution in [0, 0.1) is 0 Å². The summed E-state index contributed by atoms with van der Waals surface area (Å²) in [5, 5.41) is 3.85. The molecule has 0 aliphatic rings. The number of benzene rings is 1. The maximum absolute atomic E-state index is 11.3. The number of hydrogen-bond donors (Lipinski definition) is 1. The van der Waals surface area contributed by atoms with Gasteiger partial charge < -0.3 is 10.1 Å². The molecular formula is C14H16N2O2S. The van der Waals surface area contributed by atoms with E-state index < -0.39 is 0 Å². The van der Waals surface area contributed by atoms with Crippen LogP contribution in [0.5, 0.6) is 0 Å². The molecule has 0 radical (unpaired) electrons. The molecule has 0 aliphatic heterocycles. The Morgan fingerprint density at radius 3 is 2.58 bits per heavy atom. The molecule has 0 fully saturated rings. The van der Waals surface area contributed by atoms with E-state index in [4.69, 9.17) is 0 Å². The number of hydrogen-bond acceptors (Lipinski definition) is 5. The Kier molecular flexibility index (Phi) is 4.16. The van der Waals surface area contributed by atoms with Crippen LogP contribution in [-0.4, -0.2) is 18.1 Å². The number of anilines is 2. The first-order valence-electron chi connectivity index (χ1n) is 6.01. The highest BCUT2D eigenvalue weighted by molar-refractivity contribution is 7.17. The number of aromatic nitrogens is 1. The summed E-state index contributed by atoms with van der Waals surface area (Å²) in [6.07, 6.45) is 1.52. The number of ether oxygens (including phenoxy) is 1. The topological polar surface area (TPSA) is 51.2 Å². The number of nitrogens with zero attached hydrogens (tertiary/aromatic N) is 1. The third-order valence-corrected chi connectivity index (χ3v) is 3.61. The molecule has 0 saturated heterocycles. The second-order valence-electron chi connectivity index (χ2n) is 4.42. The third kappa shape index (κ3) is 3.32. The summed E-state index contributed by atoms with van der Waals surface area (Å²) >= 11 is 1.27. The molecule has 19 heavy (non-hydrogen) atoms. The standard InChI is InChI=1S/C14H16N2O2S/c1-9(2)10-4-6-11(7-5-10)16-14-15-8-12(19-14)13(17)18-3/h4-9H,1-3H3,(H,15,16). The van der Waals surface area contributed by atoms with Crippen LogP contribution in [0.25, 0.3) is 0 Å². The third-order valence-electron chi connectivity index (χ3n) is 2.72. The Balaban J connectivity index is 2.08. The van der Waals surface area contributed by atoms with E-state index in [-0.39, 0.29) is 5.97 Å². The molecule has 0 unspecified atom stereocenters. The lowest BCUT2D eigenvalue weighted by molar-refractivity contribution is 0.0606. The number of carbonyl (C=O) groups excluding carboxylic acids is 1. The van der Waals surface area contributed by atoms with Crippen LogP contribution < -0.4 is 5.32 Å². The number of nitrogens with one attached hydrogen (secondary N) is 1. The van der Waals surface area contributed by atoms with Crippen LogP contribution in [0.3, 0.4) is 0 Å². The SMILES string of the molecule is COC(=O)c1cnc(Nc2ccc(C(C)C)cc2)s1. The van der Waals surface area contributed by atoms with Gasteiger partial charge in [-0.1, -0.05) is 37.3 Å². The van der Waals surface area contributed by atoms with Gasteiger partial charge in [0.1, 0.15) is 4.88 Å². The lowest BCUT2D eigenvalue weighted by Crippen LogP contribution is -1.96. The fraction of sp³-hybridized carbons (Fsp3) is 0.286. The Morgan fingerprint density at radius 2 is 2.00 bits per heavy atom. The van der Waals surface area contributed by atoms with Gasteiger partial charge in [-0.05, 0) is 23.6 Å². The highest BCUT2D eigenvalue weighted by Crippen LogP contribution is 2.24. The predicted octanol–water partition coefficient (Wildman–Crippen LogP) is 3.80. The van der Waals surface area contributed by atoms with Gasteiger partial charge >= 0.3 is 5.97 Å². The van der Waals surface area contributed by atoms with Crippen molar-refractivity contribution in [2.24, 2.45) is 0 Å². The number of carbonyl (C=O) groups is 1. The maximum Gasteiger partial charge on any atom is 0.349 e. The molecule has 2 rings (SSSR count). The lowest BCUT2D eigenvalue weighted by atomic mass is 10.0. The Morgan fingerprint density at radius 1 is 1.32 bits per heavy atom. The summed E-state index contributed by atoms with van der Waals surface area (Å²) in [6, 6.07) is 8.19. The minimum absolute atomic E-state index is 0.360. The van der Waals surface area contributed by atoms with Crippen LogP contribution >= 0.6 is 11.3 Å². The number of rotatable bonds is 4. The van der Waals surface area contributed by atoms with Gasteiger partial charge in [-0.3, -0.25) is 0 Å². The van der Waals surface area contributed by atoms with Gasteiger partial charge in [0.25, 0.3) is 0 Å². The molecule has 1 aromatic carbocycles. The van der Waals surface area contributed by atoms with E-state index in [9.17, 15) is 4.79 Å². The summed E-state index contributed by atoms with van der Waals surface area (Å²) < 4.78 is 4.65. The Hall–Kier alpha value is -1.88. The van der Waals surface area contributed by atoms with E-state index in [1.165, 1.54) is 30.2 Å². The minimum Gasteiger partial charge on any atom is -0.465 e. The first-order chi connectivity index (χ1) is 9.10. The van der Waals surface area contributed by atoms with Crippen molar-refractivity contribution in [1.29, 1.82) is 0 Å². The quantitative estimate of drug-likeness (QED) is 0.863. The highest BCUT2D eigenvalue weighted by Gasteiger charge is 2.10. The van der Waals surface area contributed by atoms with Crippen molar-refractivity contribution in [3.63, 3.8) is 0 Å². The van der Waals surface area contributed by atoms with Gasteiger partial charge in [0.05, 0.1) is 13.3 Å². The summed E-state index contributed by atoms with van der Waals surface area (Å²) in [5.74, 6) is 0.153. The van der Waals surface area contributed by atoms with E-state index in [0.717, 1.165) is 5.69 Å². The molecule has 0 spiro atoms. The fourth-order valence-corrected chi connectivity index (χ4v) is 2.36. The monoisotopic (exact) mass is 276 g/mol. The zero-order valence-electron chi connectivity index (χ0n) is 11.1. The van der Waals surface area contributed by atoms with Crippen molar-refractivity contribution in [2.45, 2.75) is 19.8 Å². The normalized spacial score (nSPS) is 10.5. The van der Waals surface area contributed by atoms with E-state index in [0.29, 0.717) is 15.9 Å². The highest BCUT2D eigenvalue weighted by atomic mass is 32.1. The summed E-state index contributed by atoms with van der Waals surface area (Å²) in [6.45, 7) is 4.32.